The number of nitrogens with zero attached hydrogens (tertiary/aromatic N) is 5. The van der Waals surface area contributed by atoms with Crippen LogP contribution in [0.5, 0.6) is 0 Å². The van der Waals surface area contributed by atoms with Gasteiger partial charge in [0.1, 0.15) is 11.3 Å². The lowest BCUT2D eigenvalue weighted by Crippen LogP contribution is -2.25. The van der Waals surface area contributed by atoms with Crippen LogP contribution in [0.1, 0.15) is 30.4 Å². The molecule has 0 bridgehead atoms. The number of nitrogens with two attached hydrogens (primary N) is 1. The molecular formula is C15H16FN7. The van der Waals surface area contributed by atoms with Gasteiger partial charge in [-0.1, -0.05) is 0 Å². The molecule has 23 heavy (non-hydrogen) atoms. The lowest BCUT2D eigenvalue weighted by Gasteiger charge is -2.23. The second-order valence-electron chi connectivity index (χ2n) is 5.63. The summed E-state index contributed by atoms with van der Waals surface area (Å²) in [4.78, 5) is 22.3. The Labute approximate surface area is 131 Å². The molecule has 4 heterocycles. The highest BCUT2D eigenvalue weighted by Crippen LogP contribution is 2.32. The molecule has 0 radical (unpaired) electrons. The maximum atomic E-state index is 13.8. The van der Waals surface area contributed by atoms with Crippen molar-refractivity contribution in [2.75, 3.05) is 12.3 Å². The minimum absolute atomic E-state index is 0.000180. The predicted octanol–water partition coefficient (Wildman–Crippen LogP) is 1.81. The molecule has 3 aromatic rings. The Hall–Kier alpha value is -2.61. The van der Waals surface area contributed by atoms with Gasteiger partial charge in [0.05, 0.1) is 18.1 Å². The molecule has 3 N–H and O–H groups in total. The molecule has 4 rings (SSSR count). The molecule has 1 atom stereocenters. The number of aromatic nitrogens is 5. The Bertz CT molecular complexity index is 847. The van der Waals surface area contributed by atoms with Gasteiger partial charge in [0.2, 0.25) is 0 Å². The van der Waals surface area contributed by atoms with Crippen LogP contribution >= 0.6 is 0 Å². The molecular weight excluding hydrogens is 297 g/mol. The summed E-state index contributed by atoms with van der Waals surface area (Å²) < 4.78 is 13.8. The van der Waals surface area contributed by atoms with Crippen LogP contribution in [0.2, 0.25) is 0 Å². The van der Waals surface area contributed by atoms with Crippen molar-refractivity contribution in [3.8, 4) is 0 Å². The number of halogens is 1. The van der Waals surface area contributed by atoms with Crippen LogP contribution in [-0.4, -0.2) is 36.4 Å². The lowest BCUT2D eigenvalue weighted by molar-refractivity contribution is 0.234. The second-order valence-corrected chi connectivity index (χ2v) is 5.63. The normalized spacial score (nSPS) is 18.7. The zero-order chi connectivity index (χ0) is 15.8. The van der Waals surface area contributed by atoms with Gasteiger partial charge in [-0.15, -0.1) is 0 Å². The van der Waals surface area contributed by atoms with E-state index in [0.717, 1.165) is 19.4 Å². The molecule has 0 aromatic carbocycles. The Kier molecular flexibility index (Phi) is 3.38. The Balaban J connectivity index is 1.65. The fourth-order valence-electron chi connectivity index (χ4n) is 3.06. The molecule has 0 spiro atoms. The summed E-state index contributed by atoms with van der Waals surface area (Å²) >= 11 is 0. The zero-order valence-electron chi connectivity index (χ0n) is 12.4. The van der Waals surface area contributed by atoms with E-state index in [1.807, 2.05) is 0 Å². The average molecular weight is 313 g/mol. The second kappa shape index (κ2) is 5.54. The number of likely N-dealkylation sites (tertiary alicyclic amines) is 1. The number of fused-ring (bicyclic) bond motifs is 1. The van der Waals surface area contributed by atoms with Gasteiger partial charge in [-0.05, 0) is 31.5 Å². The van der Waals surface area contributed by atoms with Crippen molar-refractivity contribution in [1.29, 1.82) is 0 Å². The zero-order valence-corrected chi connectivity index (χ0v) is 12.4. The monoisotopic (exact) mass is 313 g/mol. The van der Waals surface area contributed by atoms with Crippen LogP contribution < -0.4 is 5.73 Å². The highest BCUT2D eigenvalue weighted by Gasteiger charge is 2.30. The number of H-pyrrole nitrogens is 1. The molecule has 3 aromatic heterocycles. The van der Waals surface area contributed by atoms with Gasteiger partial charge >= 0.3 is 0 Å². The number of nitrogen functional groups attached to an aromatic ring is 1. The smallest absolute Gasteiger partial charge is 0.183 e. The van der Waals surface area contributed by atoms with E-state index in [-0.39, 0.29) is 11.9 Å². The van der Waals surface area contributed by atoms with E-state index in [4.69, 9.17) is 5.73 Å². The van der Waals surface area contributed by atoms with Gasteiger partial charge in [0, 0.05) is 12.7 Å². The molecule has 7 nitrogen and oxygen atoms in total. The minimum atomic E-state index is -0.290. The summed E-state index contributed by atoms with van der Waals surface area (Å²) in [5.41, 5.74) is 7.62. The van der Waals surface area contributed by atoms with Gasteiger partial charge in [-0.3, -0.25) is 9.88 Å². The largest absolute Gasteiger partial charge is 0.382 e. The lowest BCUT2D eigenvalue weighted by atomic mass is 10.2. The van der Waals surface area contributed by atoms with E-state index in [2.05, 4.69) is 29.8 Å². The van der Waals surface area contributed by atoms with E-state index in [0.29, 0.717) is 35.0 Å². The van der Waals surface area contributed by atoms with Gasteiger partial charge in [0.15, 0.2) is 17.3 Å². The Morgan fingerprint density at radius 3 is 3.13 bits per heavy atom. The first kappa shape index (κ1) is 14.0. The predicted molar refractivity (Wildman–Crippen MR) is 82.7 cm³/mol. The van der Waals surface area contributed by atoms with Crippen LogP contribution in [0.25, 0.3) is 11.2 Å². The SMILES string of the molecule is Nc1nc(C2CCCN2Cc2ncccc2F)nc2nc[nH]c12. The van der Waals surface area contributed by atoms with E-state index in [1.54, 1.807) is 18.6 Å². The Morgan fingerprint density at radius 1 is 1.35 bits per heavy atom. The number of nitrogens with one attached hydrogen (secondary N) is 1. The Morgan fingerprint density at radius 2 is 2.26 bits per heavy atom. The number of imidazole rings is 1. The van der Waals surface area contributed by atoms with Crippen LogP contribution in [0.4, 0.5) is 10.2 Å². The summed E-state index contributed by atoms with van der Waals surface area (Å²) in [6.45, 7) is 1.28. The third kappa shape index (κ3) is 2.50. The van der Waals surface area contributed by atoms with E-state index in [9.17, 15) is 4.39 Å². The third-order valence-corrected chi connectivity index (χ3v) is 4.18. The van der Waals surface area contributed by atoms with Gasteiger partial charge < -0.3 is 10.7 Å². The highest BCUT2D eigenvalue weighted by atomic mass is 19.1. The number of pyridine rings is 1. The first-order valence-corrected chi connectivity index (χ1v) is 7.52. The van der Waals surface area contributed by atoms with Crippen molar-refractivity contribution in [3.63, 3.8) is 0 Å². The topological polar surface area (TPSA) is 96.6 Å². The molecule has 0 amide bonds. The maximum Gasteiger partial charge on any atom is 0.183 e. The number of hydrogen-bond donors (Lipinski definition) is 2. The summed E-state index contributed by atoms with van der Waals surface area (Å²) in [6.07, 6.45) is 5.06. The van der Waals surface area contributed by atoms with Crippen LogP contribution in [0, 0.1) is 5.82 Å². The van der Waals surface area contributed by atoms with E-state index in [1.165, 1.54) is 6.07 Å². The first-order chi connectivity index (χ1) is 11.2. The third-order valence-electron chi connectivity index (χ3n) is 4.18. The van der Waals surface area contributed by atoms with Gasteiger partial charge in [-0.25, -0.2) is 19.3 Å². The number of anilines is 1. The molecule has 1 aliphatic rings. The van der Waals surface area contributed by atoms with E-state index >= 15 is 0 Å². The van der Waals surface area contributed by atoms with Crippen molar-refractivity contribution >= 4 is 17.0 Å². The summed E-state index contributed by atoms with van der Waals surface area (Å²) in [5.74, 6) is 0.732. The minimum Gasteiger partial charge on any atom is -0.382 e. The quantitative estimate of drug-likeness (QED) is 0.765. The average Bonchev–Trinajstić information content (AvgIpc) is 3.18. The molecule has 1 aliphatic heterocycles. The molecule has 0 aliphatic carbocycles. The van der Waals surface area contributed by atoms with Crippen molar-refractivity contribution in [2.45, 2.75) is 25.4 Å². The van der Waals surface area contributed by atoms with Crippen LogP contribution in [0.3, 0.4) is 0 Å². The summed E-state index contributed by atoms with van der Waals surface area (Å²) in [7, 11) is 0. The molecule has 1 fully saturated rings. The van der Waals surface area contributed by atoms with Crippen molar-refractivity contribution in [2.24, 2.45) is 0 Å². The van der Waals surface area contributed by atoms with Gasteiger partial charge in [-0.2, -0.15) is 0 Å². The van der Waals surface area contributed by atoms with Crippen molar-refractivity contribution in [1.82, 2.24) is 29.8 Å². The molecule has 1 saturated heterocycles. The summed E-state index contributed by atoms with van der Waals surface area (Å²) in [6, 6.07) is 3.02. The van der Waals surface area contributed by atoms with Crippen LogP contribution in [0.15, 0.2) is 24.7 Å². The molecule has 0 saturated carbocycles. The van der Waals surface area contributed by atoms with Crippen molar-refractivity contribution in [3.05, 3.63) is 42.0 Å². The van der Waals surface area contributed by atoms with E-state index < -0.39 is 0 Å². The highest BCUT2D eigenvalue weighted by molar-refractivity contribution is 5.80. The maximum absolute atomic E-state index is 13.8. The standard InChI is InChI=1S/C15H16FN7/c16-9-3-1-5-18-10(9)7-23-6-2-4-11(23)14-21-13(17)12-15(22-14)20-8-19-12/h1,3,5,8,11H,2,4,6-7H2,(H3,17,19,20,21,22). The summed E-state index contributed by atoms with van der Waals surface area (Å²) in [5, 5.41) is 0. The molecule has 8 heteroatoms. The van der Waals surface area contributed by atoms with Gasteiger partial charge in [0.25, 0.3) is 0 Å². The van der Waals surface area contributed by atoms with Crippen molar-refractivity contribution < 1.29 is 4.39 Å². The number of aromatic amines is 1. The molecule has 118 valence electrons. The number of rotatable bonds is 3. The fraction of sp³-hybridized carbons (Fsp3) is 0.333. The first-order valence-electron chi connectivity index (χ1n) is 7.52. The van der Waals surface area contributed by atoms with Crippen LogP contribution in [-0.2, 0) is 6.54 Å². The molecule has 1 unspecified atom stereocenters. The number of hydrogen-bond acceptors (Lipinski definition) is 6. The fourth-order valence-corrected chi connectivity index (χ4v) is 3.06.